The molecule has 6 heteroatoms. The molecular formula is C8H12N4O2. The zero-order valence-corrected chi connectivity index (χ0v) is 7.88. The van der Waals surface area contributed by atoms with Crippen molar-refractivity contribution in [1.29, 1.82) is 0 Å². The summed E-state index contributed by atoms with van der Waals surface area (Å²) in [6.07, 6.45) is 2.25. The van der Waals surface area contributed by atoms with Gasteiger partial charge in [-0.2, -0.15) is 5.10 Å². The van der Waals surface area contributed by atoms with Gasteiger partial charge >= 0.3 is 5.69 Å². The van der Waals surface area contributed by atoms with Gasteiger partial charge in [-0.25, -0.2) is 0 Å². The average molecular weight is 196 g/mol. The SMILES string of the molecule is Cn1ncc([N+](=O)[O-])c1C1CC1CN. The Labute approximate surface area is 80.9 Å². The van der Waals surface area contributed by atoms with Gasteiger partial charge in [0.15, 0.2) is 0 Å². The van der Waals surface area contributed by atoms with Gasteiger partial charge in [0.25, 0.3) is 0 Å². The highest BCUT2D eigenvalue weighted by Gasteiger charge is 2.43. The molecule has 0 aliphatic heterocycles. The maximum absolute atomic E-state index is 10.7. The first kappa shape index (κ1) is 9.14. The van der Waals surface area contributed by atoms with Crippen molar-refractivity contribution in [2.24, 2.45) is 18.7 Å². The Morgan fingerprint density at radius 3 is 3.07 bits per heavy atom. The first-order valence-electron chi connectivity index (χ1n) is 4.51. The molecular weight excluding hydrogens is 184 g/mol. The van der Waals surface area contributed by atoms with Crippen LogP contribution in [0.25, 0.3) is 0 Å². The minimum Gasteiger partial charge on any atom is -0.330 e. The maximum Gasteiger partial charge on any atom is 0.310 e. The number of rotatable bonds is 3. The highest BCUT2D eigenvalue weighted by Crippen LogP contribution is 2.49. The first-order chi connectivity index (χ1) is 6.65. The lowest BCUT2D eigenvalue weighted by molar-refractivity contribution is -0.385. The van der Waals surface area contributed by atoms with Crippen LogP contribution in [0.15, 0.2) is 6.20 Å². The quantitative estimate of drug-likeness (QED) is 0.559. The summed E-state index contributed by atoms with van der Waals surface area (Å²) in [5.74, 6) is 0.622. The number of hydrogen-bond donors (Lipinski definition) is 1. The smallest absolute Gasteiger partial charge is 0.310 e. The van der Waals surface area contributed by atoms with Crippen LogP contribution in [0.1, 0.15) is 18.0 Å². The summed E-state index contributed by atoms with van der Waals surface area (Å²) in [7, 11) is 1.73. The molecule has 0 aromatic carbocycles. The van der Waals surface area contributed by atoms with E-state index in [0.717, 1.165) is 6.42 Å². The lowest BCUT2D eigenvalue weighted by Crippen LogP contribution is -2.05. The minimum atomic E-state index is -0.381. The van der Waals surface area contributed by atoms with Crippen molar-refractivity contribution in [1.82, 2.24) is 9.78 Å². The van der Waals surface area contributed by atoms with Crippen LogP contribution in [0.2, 0.25) is 0 Å². The van der Waals surface area contributed by atoms with E-state index in [1.807, 2.05) is 0 Å². The summed E-state index contributed by atoms with van der Waals surface area (Å²) in [4.78, 5) is 10.3. The normalized spacial score (nSPS) is 25.0. The van der Waals surface area contributed by atoms with Gasteiger partial charge in [0, 0.05) is 13.0 Å². The Kier molecular flexibility index (Phi) is 1.99. The third-order valence-corrected chi connectivity index (χ3v) is 2.74. The Bertz CT molecular complexity index is 373. The van der Waals surface area contributed by atoms with E-state index >= 15 is 0 Å². The second-order valence-corrected chi connectivity index (χ2v) is 3.63. The van der Waals surface area contributed by atoms with Crippen molar-refractivity contribution in [3.8, 4) is 0 Å². The molecule has 1 aliphatic carbocycles. The second-order valence-electron chi connectivity index (χ2n) is 3.63. The van der Waals surface area contributed by atoms with Crippen LogP contribution in [-0.2, 0) is 7.05 Å². The van der Waals surface area contributed by atoms with Gasteiger partial charge in [-0.3, -0.25) is 14.8 Å². The molecule has 1 aromatic rings. The molecule has 0 radical (unpaired) electrons. The molecule has 1 fully saturated rings. The largest absolute Gasteiger partial charge is 0.330 e. The van der Waals surface area contributed by atoms with Gasteiger partial charge in [0.05, 0.1) is 4.92 Å². The van der Waals surface area contributed by atoms with Crippen molar-refractivity contribution < 1.29 is 4.92 Å². The molecule has 1 aliphatic rings. The van der Waals surface area contributed by atoms with Crippen LogP contribution in [0.5, 0.6) is 0 Å². The molecule has 6 nitrogen and oxygen atoms in total. The molecule has 0 bridgehead atoms. The van der Waals surface area contributed by atoms with Crippen molar-refractivity contribution in [3.63, 3.8) is 0 Å². The highest BCUT2D eigenvalue weighted by atomic mass is 16.6. The summed E-state index contributed by atoms with van der Waals surface area (Å²) in [5.41, 5.74) is 6.34. The molecule has 14 heavy (non-hydrogen) atoms. The molecule has 0 spiro atoms. The van der Waals surface area contributed by atoms with Crippen LogP contribution in [0.4, 0.5) is 5.69 Å². The molecule has 2 unspecified atom stereocenters. The van der Waals surface area contributed by atoms with Crippen LogP contribution < -0.4 is 5.73 Å². The zero-order chi connectivity index (χ0) is 10.3. The predicted molar refractivity (Wildman–Crippen MR) is 49.8 cm³/mol. The summed E-state index contributed by atoms with van der Waals surface area (Å²) in [5, 5.41) is 14.6. The van der Waals surface area contributed by atoms with Gasteiger partial charge in [0.2, 0.25) is 0 Å². The molecule has 0 amide bonds. The summed E-state index contributed by atoms with van der Waals surface area (Å²) >= 11 is 0. The van der Waals surface area contributed by atoms with Crippen LogP contribution in [-0.4, -0.2) is 21.2 Å². The second kappa shape index (κ2) is 3.06. The van der Waals surface area contributed by atoms with E-state index in [1.165, 1.54) is 6.20 Å². The van der Waals surface area contributed by atoms with Crippen molar-refractivity contribution >= 4 is 5.69 Å². The molecule has 1 aromatic heterocycles. The van der Waals surface area contributed by atoms with E-state index in [1.54, 1.807) is 11.7 Å². The molecule has 76 valence electrons. The summed E-state index contributed by atoms with van der Waals surface area (Å²) in [6, 6.07) is 0. The fourth-order valence-corrected chi connectivity index (χ4v) is 1.85. The van der Waals surface area contributed by atoms with E-state index in [4.69, 9.17) is 5.73 Å². The fourth-order valence-electron chi connectivity index (χ4n) is 1.85. The molecule has 1 saturated carbocycles. The van der Waals surface area contributed by atoms with Gasteiger partial charge < -0.3 is 5.73 Å². The topological polar surface area (TPSA) is 87.0 Å². The number of hydrogen-bond acceptors (Lipinski definition) is 4. The van der Waals surface area contributed by atoms with Gasteiger partial charge in [0.1, 0.15) is 11.9 Å². The Morgan fingerprint density at radius 1 is 1.86 bits per heavy atom. The number of nitro groups is 1. The third kappa shape index (κ3) is 1.27. The van der Waals surface area contributed by atoms with Crippen LogP contribution in [0, 0.1) is 16.0 Å². The van der Waals surface area contributed by atoms with Gasteiger partial charge in [-0.15, -0.1) is 0 Å². The van der Waals surface area contributed by atoms with Crippen LogP contribution in [0.3, 0.4) is 0 Å². The monoisotopic (exact) mass is 196 g/mol. The van der Waals surface area contributed by atoms with Crippen molar-refractivity contribution in [3.05, 3.63) is 22.0 Å². The standard InChI is InChI=1S/C8H12N4O2/c1-11-8(6-2-5(6)3-9)7(4-10-11)12(13)14/h4-6H,2-3,9H2,1H3. The summed E-state index contributed by atoms with van der Waals surface area (Å²) < 4.78 is 1.58. The van der Waals surface area contributed by atoms with E-state index in [2.05, 4.69) is 5.10 Å². The van der Waals surface area contributed by atoms with Crippen molar-refractivity contribution in [2.45, 2.75) is 12.3 Å². The fraction of sp³-hybridized carbons (Fsp3) is 0.625. The average Bonchev–Trinajstić information content (AvgIpc) is 2.81. The third-order valence-electron chi connectivity index (χ3n) is 2.74. The van der Waals surface area contributed by atoms with E-state index in [9.17, 15) is 10.1 Å². The summed E-state index contributed by atoms with van der Waals surface area (Å²) in [6.45, 7) is 0.590. The van der Waals surface area contributed by atoms with Crippen molar-refractivity contribution in [2.75, 3.05) is 6.54 Å². The molecule has 0 saturated heterocycles. The van der Waals surface area contributed by atoms with Gasteiger partial charge in [-0.1, -0.05) is 0 Å². The Balaban J connectivity index is 2.32. The van der Waals surface area contributed by atoms with Crippen LogP contribution >= 0.6 is 0 Å². The number of aromatic nitrogens is 2. The molecule has 2 atom stereocenters. The molecule has 2 N–H and O–H groups in total. The van der Waals surface area contributed by atoms with E-state index in [-0.39, 0.29) is 16.5 Å². The lowest BCUT2D eigenvalue weighted by Gasteiger charge is -1.99. The number of nitrogens with zero attached hydrogens (tertiary/aromatic N) is 3. The minimum absolute atomic E-state index is 0.119. The van der Waals surface area contributed by atoms with Gasteiger partial charge in [-0.05, 0) is 18.9 Å². The highest BCUT2D eigenvalue weighted by molar-refractivity contribution is 5.39. The lowest BCUT2D eigenvalue weighted by atomic mass is 10.2. The molecule has 2 rings (SSSR count). The maximum atomic E-state index is 10.7. The number of nitrogens with two attached hydrogens (primary N) is 1. The van der Waals surface area contributed by atoms with E-state index in [0.29, 0.717) is 18.2 Å². The molecule has 1 heterocycles. The number of aryl methyl sites for hydroxylation is 1. The van der Waals surface area contributed by atoms with E-state index < -0.39 is 0 Å². The Hall–Kier alpha value is -1.43. The first-order valence-corrected chi connectivity index (χ1v) is 4.51. The zero-order valence-electron chi connectivity index (χ0n) is 7.88. The predicted octanol–water partition coefficient (Wildman–Crippen LogP) is 0.390. The Morgan fingerprint density at radius 2 is 2.57 bits per heavy atom.